The highest BCUT2D eigenvalue weighted by molar-refractivity contribution is 5.98. The number of hydrogen-bond donors (Lipinski definition) is 1. The second-order valence-corrected chi connectivity index (χ2v) is 4.59. The smallest absolute Gasteiger partial charge is 0.344 e. The molecule has 1 aromatic rings. The van der Waals surface area contributed by atoms with Gasteiger partial charge in [0.15, 0.2) is 0 Å². The zero-order chi connectivity index (χ0) is 13.0. The molecule has 1 saturated carbocycles. The monoisotopic (exact) mass is 249 g/mol. The molecule has 2 N–H and O–H groups in total. The zero-order valence-corrected chi connectivity index (χ0v) is 10.6. The number of ether oxygens (including phenoxy) is 2. The van der Waals surface area contributed by atoms with Crippen molar-refractivity contribution in [2.75, 3.05) is 12.8 Å². The van der Waals surface area contributed by atoms with Crippen LogP contribution in [0.15, 0.2) is 18.2 Å². The van der Waals surface area contributed by atoms with Crippen LogP contribution in [0, 0.1) is 0 Å². The van der Waals surface area contributed by atoms with Gasteiger partial charge in [-0.05, 0) is 37.8 Å². The van der Waals surface area contributed by atoms with Gasteiger partial charge in [0.2, 0.25) is 0 Å². The predicted octanol–water partition coefficient (Wildman–Crippen LogP) is 2.77. The minimum absolute atomic E-state index is 0.0237. The van der Waals surface area contributed by atoms with E-state index in [1.807, 2.05) is 0 Å². The van der Waals surface area contributed by atoms with Crippen molar-refractivity contribution in [3.05, 3.63) is 23.8 Å². The molecule has 1 aromatic carbocycles. The molecule has 2 rings (SSSR count). The lowest BCUT2D eigenvalue weighted by molar-refractivity contribution is 0.0209. The summed E-state index contributed by atoms with van der Waals surface area (Å²) in [6, 6.07) is 5.15. The van der Waals surface area contributed by atoms with Crippen LogP contribution in [0.25, 0.3) is 0 Å². The van der Waals surface area contributed by atoms with E-state index in [0.717, 1.165) is 25.7 Å². The molecule has 0 saturated heterocycles. The summed E-state index contributed by atoms with van der Waals surface area (Å²) in [6.45, 7) is 0. The summed E-state index contributed by atoms with van der Waals surface area (Å²) in [7, 11) is 1.52. The molecule has 1 aliphatic carbocycles. The van der Waals surface area contributed by atoms with Crippen molar-refractivity contribution in [1.82, 2.24) is 0 Å². The topological polar surface area (TPSA) is 61.5 Å². The maximum Gasteiger partial charge on any atom is 0.344 e. The first-order valence-corrected chi connectivity index (χ1v) is 6.36. The van der Waals surface area contributed by atoms with Crippen LogP contribution in [-0.4, -0.2) is 19.2 Å². The summed E-state index contributed by atoms with van der Waals surface area (Å²) in [5.74, 6) is 0.0904. The highest BCUT2D eigenvalue weighted by Gasteiger charge is 2.22. The summed E-state index contributed by atoms with van der Waals surface area (Å²) >= 11 is 0. The lowest BCUT2D eigenvalue weighted by atomic mass is 9.98. The molecule has 0 atom stereocenters. The summed E-state index contributed by atoms with van der Waals surface area (Å²) in [5.41, 5.74) is 6.56. The normalized spacial score (nSPS) is 16.3. The number of rotatable bonds is 3. The fourth-order valence-electron chi connectivity index (χ4n) is 2.33. The Kier molecular flexibility index (Phi) is 4.07. The van der Waals surface area contributed by atoms with E-state index in [4.69, 9.17) is 15.2 Å². The molecule has 4 heteroatoms. The quantitative estimate of drug-likeness (QED) is 0.661. The van der Waals surface area contributed by atoms with E-state index in [1.54, 1.807) is 18.2 Å². The Balaban J connectivity index is 2.12. The van der Waals surface area contributed by atoms with Gasteiger partial charge in [-0.15, -0.1) is 0 Å². The van der Waals surface area contributed by atoms with Crippen LogP contribution < -0.4 is 10.5 Å². The van der Waals surface area contributed by atoms with Crippen LogP contribution in [0.3, 0.4) is 0 Å². The lowest BCUT2D eigenvalue weighted by Gasteiger charge is -2.22. The Morgan fingerprint density at radius 1 is 1.28 bits per heavy atom. The van der Waals surface area contributed by atoms with Gasteiger partial charge in [0, 0.05) is 5.69 Å². The molecule has 0 aliphatic heterocycles. The molecule has 0 bridgehead atoms. The number of anilines is 1. The van der Waals surface area contributed by atoms with Gasteiger partial charge in [-0.25, -0.2) is 4.79 Å². The summed E-state index contributed by atoms with van der Waals surface area (Å²) in [4.78, 5) is 12.1. The third-order valence-electron chi connectivity index (χ3n) is 3.31. The number of carbonyl (C=O) groups excluding carboxylic acids is 1. The summed E-state index contributed by atoms with van der Waals surface area (Å²) in [5, 5.41) is 0. The average molecular weight is 249 g/mol. The van der Waals surface area contributed by atoms with Gasteiger partial charge in [0.25, 0.3) is 0 Å². The van der Waals surface area contributed by atoms with Crippen molar-refractivity contribution in [2.45, 2.75) is 38.2 Å². The highest BCUT2D eigenvalue weighted by atomic mass is 16.5. The number of methoxy groups -OCH3 is 1. The Hall–Kier alpha value is -1.71. The molecule has 1 aliphatic rings. The van der Waals surface area contributed by atoms with E-state index >= 15 is 0 Å². The number of esters is 1. The van der Waals surface area contributed by atoms with Crippen molar-refractivity contribution < 1.29 is 14.3 Å². The van der Waals surface area contributed by atoms with E-state index < -0.39 is 0 Å². The number of nitrogens with two attached hydrogens (primary N) is 1. The fraction of sp³-hybridized carbons (Fsp3) is 0.500. The van der Waals surface area contributed by atoms with Gasteiger partial charge in [-0.2, -0.15) is 0 Å². The van der Waals surface area contributed by atoms with Crippen LogP contribution in [0.5, 0.6) is 5.75 Å². The predicted molar refractivity (Wildman–Crippen MR) is 69.7 cm³/mol. The lowest BCUT2D eigenvalue weighted by Crippen LogP contribution is -2.22. The molecule has 4 nitrogen and oxygen atoms in total. The van der Waals surface area contributed by atoms with Gasteiger partial charge in [-0.1, -0.05) is 12.5 Å². The minimum Gasteiger partial charge on any atom is -0.496 e. The van der Waals surface area contributed by atoms with Crippen molar-refractivity contribution >= 4 is 11.7 Å². The van der Waals surface area contributed by atoms with Crippen molar-refractivity contribution in [3.8, 4) is 5.75 Å². The van der Waals surface area contributed by atoms with E-state index in [9.17, 15) is 4.79 Å². The van der Waals surface area contributed by atoms with Gasteiger partial charge < -0.3 is 15.2 Å². The van der Waals surface area contributed by atoms with E-state index in [2.05, 4.69) is 0 Å². The summed E-state index contributed by atoms with van der Waals surface area (Å²) < 4.78 is 10.7. The van der Waals surface area contributed by atoms with Crippen molar-refractivity contribution in [1.29, 1.82) is 0 Å². The Morgan fingerprint density at radius 2 is 2.00 bits per heavy atom. The fourth-order valence-corrected chi connectivity index (χ4v) is 2.33. The molecule has 0 amide bonds. The molecule has 18 heavy (non-hydrogen) atoms. The van der Waals surface area contributed by atoms with Crippen molar-refractivity contribution in [3.63, 3.8) is 0 Å². The molecular formula is C14H19NO3. The Morgan fingerprint density at radius 3 is 2.67 bits per heavy atom. The second-order valence-electron chi connectivity index (χ2n) is 4.59. The number of benzene rings is 1. The van der Waals surface area contributed by atoms with Gasteiger partial charge >= 0.3 is 5.97 Å². The van der Waals surface area contributed by atoms with Crippen LogP contribution in [0.2, 0.25) is 0 Å². The van der Waals surface area contributed by atoms with Crippen LogP contribution in [0.4, 0.5) is 5.69 Å². The Bertz CT molecular complexity index is 425. The second kappa shape index (κ2) is 5.76. The van der Waals surface area contributed by atoms with Crippen LogP contribution >= 0.6 is 0 Å². The van der Waals surface area contributed by atoms with E-state index in [0.29, 0.717) is 17.0 Å². The van der Waals surface area contributed by atoms with Gasteiger partial charge in [-0.3, -0.25) is 0 Å². The number of hydrogen-bond acceptors (Lipinski definition) is 4. The van der Waals surface area contributed by atoms with Crippen LogP contribution in [0.1, 0.15) is 42.5 Å². The van der Waals surface area contributed by atoms with Gasteiger partial charge in [0.05, 0.1) is 7.11 Å². The minimum atomic E-state index is -0.378. The van der Waals surface area contributed by atoms with Crippen molar-refractivity contribution in [2.24, 2.45) is 0 Å². The maximum atomic E-state index is 12.1. The number of nitrogen functional groups attached to an aromatic ring is 1. The highest BCUT2D eigenvalue weighted by Crippen LogP contribution is 2.27. The molecule has 0 unspecified atom stereocenters. The molecule has 0 aromatic heterocycles. The Labute approximate surface area is 107 Å². The molecule has 0 radical (unpaired) electrons. The third kappa shape index (κ3) is 2.75. The van der Waals surface area contributed by atoms with Crippen LogP contribution in [-0.2, 0) is 4.74 Å². The first-order valence-electron chi connectivity index (χ1n) is 6.36. The molecule has 98 valence electrons. The third-order valence-corrected chi connectivity index (χ3v) is 3.31. The zero-order valence-electron chi connectivity index (χ0n) is 10.6. The molecule has 0 spiro atoms. The summed E-state index contributed by atoms with van der Waals surface area (Å²) in [6.07, 6.45) is 5.39. The molecule has 1 fully saturated rings. The van der Waals surface area contributed by atoms with Gasteiger partial charge in [0.1, 0.15) is 17.4 Å². The average Bonchev–Trinajstić information content (AvgIpc) is 2.39. The van der Waals surface area contributed by atoms with E-state index in [1.165, 1.54) is 13.5 Å². The SMILES string of the molecule is COc1cccc(N)c1C(=O)OC1CCCCC1. The maximum absolute atomic E-state index is 12.1. The first-order chi connectivity index (χ1) is 8.72. The number of carbonyl (C=O) groups is 1. The first kappa shape index (κ1) is 12.7. The standard InChI is InChI=1S/C14H19NO3/c1-17-12-9-5-8-11(15)13(12)14(16)18-10-6-3-2-4-7-10/h5,8-10H,2-4,6-7,15H2,1H3. The largest absolute Gasteiger partial charge is 0.496 e. The molecular weight excluding hydrogens is 230 g/mol. The van der Waals surface area contributed by atoms with E-state index in [-0.39, 0.29) is 12.1 Å². The molecule has 0 heterocycles.